The maximum Gasteiger partial charge on any atom is 0.172 e. The maximum atomic E-state index is 13.6. The highest BCUT2D eigenvalue weighted by atomic mass is 19.1. The van der Waals surface area contributed by atoms with E-state index in [4.69, 9.17) is 20.0 Å². The first-order valence-corrected chi connectivity index (χ1v) is 7.94. The molecule has 0 radical (unpaired) electrons. The summed E-state index contributed by atoms with van der Waals surface area (Å²) in [5.41, 5.74) is 2.12. The smallest absolute Gasteiger partial charge is 0.172 e. The number of methoxy groups -OCH3 is 2. The first kappa shape index (κ1) is 17.9. The molecule has 3 rings (SSSR count). The van der Waals surface area contributed by atoms with E-state index in [2.05, 4.69) is 4.98 Å². The van der Waals surface area contributed by atoms with Crippen LogP contribution in [0.5, 0.6) is 5.75 Å². The molecule has 0 bridgehead atoms. The zero-order valence-electron chi connectivity index (χ0n) is 14.7. The molecule has 132 valence electrons. The van der Waals surface area contributed by atoms with Crippen molar-refractivity contribution in [1.82, 2.24) is 4.98 Å². The Morgan fingerprint density at radius 1 is 1.04 bits per heavy atom. The summed E-state index contributed by atoms with van der Waals surface area (Å²) >= 11 is 0. The second kappa shape index (κ2) is 7.55. The Morgan fingerprint density at radius 2 is 1.81 bits per heavy atom. The van der Waals surface area contributed by atoms with Gasteiger partial charge in [-0.2, -0.15) is 10.5 Å². The summed E-state index contributed by atoms with van der Waals surface area (Å²) in [6, 6.07) is 16.7. The molecule has 27 heavy (non-hydrogen) atoms. The summed E-state index contributed by atoms with van der Waals surface area (Å²) in [6.45, 7) is 0. The van der Waals surface area contributed by atoms with Gasteiger partial charge in [-0.1, -0.05) is 18.2 Å². The van der Waals surface area contributed by atoms with Crippen LogP contribution in [0.25, 0.3) is 27.9 Å². The van der Waals surface area contributed by atoms with E-state index >= 15 is 0 Å². The molecular formula is C21H14FN3O2. The minimum absolute atomic E-state index is 0.134. The fourth-order valence-corrected chi connectivity index (χ4v) is 2.79. The third-order valence-corrected chi connectivity index (χ3v) is 4.03. The highest BCUT2D eigenvalue weighted by Crippen LogP contribution is 2.32. The van der Waals surface area contributed by atoms with Crippen molar-refractivity contribution in [3.63, 3.8) is 0 Å². The quantitative estimate of drug-likeness (QED) is 0.508. The van der Waals surface area contributed by atoms with Gasteiger partial charge in [-0.25, -0.2) is 9.37 Å². The minimum atomic E-state index is -0.362. The van der Waals surface area contributed by atoms with Gasteiger partial charge in [0.2, 0.25) is 0 Å². The molecule has 0 saturated heterocycles. The molecule has 0 aliphatic heterocycles. The highest BCUT2D eigenvalue weighted by Gasteiger charge is 2.14. The predicted molar refractivity (Wildman–Crippen MR) is 98.8 cm³/mol. The predicted octanol–water partition coefficient (Wildman–Crippen LogP) is 4.45. The molecule has 2 aromatic carbocycles. The van der Waals surface area contributed by atoms with Crippen LogP contribution >= 0.6 is 0 Å². The van der Waals surface area contributed by atoms with Crippen LogP contribution in [0.15, 0.2) is 54.1 Å². The van der Waals surface area contributed by atoms with Crippen LogP contribution in [0.2, 0.25) is 0 Å². The van der Waals surface area contributed by atoms with Gasteiger partial charge in [0.05, 0.1) is 25.4 Å². The van der Waals surface area contributed by atoms with E-state index in [9.17, 15) is 4.39 Å². The monoisotopic (exact) mass is 359 g/mol. The van der Waals surface area contributed by atoms with Gasteiger partial charge < -0.3 is 9.47 Å². The Labute approximate surface area is 155 Å². The Hall–Kier alpha value is -3.90. The van der Waals surface area contributed by atoms with Crippen molar-refractivity contribution >= 4 is 16.7 Å². The van der Waals surface area contributed by atoms with Crippen molar-refractivity contribution in [3.05, 3.63) is 65.5 Å². The lowest BCUT2D eigenvalue weighted by molar-refractivity contribution is 0.369. The first-order chi connectivity index (χ1) is 13.1. The van der Waals surface area contributed by atoms with Crippen LogP contribution in [-0.4, -0.2) is 19.2 Å². The zero-order valence-corrected chi connectivity index (χ0v) is 14.7. The lowest BCUT2D eigenvalue weighted by Crippen LogP contribution is -1.95. The third kappa shape index (κ3) is 3.42. The van der Waals surface area contributed by atoms with Crippen LogP contribution in [-0.2, 0) is 4.74 Å². The van der Waals surface area contributed by atoms with E-state index in [-0.39, 0.29) is 17.1 Å². The van der Waals surface area contributed by atoms with Crippen molar-refractivity contribution in [2.24, 2.45) is 0 Å². The molecule has 1 aromatic heterocycles. The largest absolute Gasteiger partial charge is 0.496 e. The molecule has 5 nitrogen and oxygen atoms in total. The summed E-state index contributed by atoms with van der Waals surface area (Å²) < 4.78 is 24.3. The van der Waals surface area contributed by atoms with Gasteiger partial charge in [0, 0.05) is 22.6 Å². The summed E-state index contributed by atoms with van der Waals surface area (Å²) in [4.78, 5) is 4.59. The number of halogens is 1. The van der Waals surface area contributed by atoms with Crippen molar-refractivity contribution in [3.8, 4) is 29.1 Å². The molecule has 3 aromatic rings. The molecular weight excluding hydrogens is 345 g/mol. The van der Waals surface area contributed by atoms with Gasteiger partial charge in [-0.3, -0.25) is 0 Å². The fourth-order valence-electron chi connectivity index (χ4n) is 2.79. The number of hydrogen-bond donors (Lipinski definition) is 0. The molecule has 0 spiro atoms. The first-order valence-electron chi connectivity index (χ1n) is 7.94. The molecule has 0 amide bonds. The number of nitrogens with zero attached hydrogens (tertiary/aromatic N) is 3. The zero-order chi connectivity index (χ0) is 19.4. The van der Waals surface area contributed by atoms with Crippen LogP contribution in [0.3, 0.4) is 0 Å². The summed E-state index contributed by atoms with van der Waals surface area (Å²) in [7, 11) is 2.94. The van der Waals surface area contributed by atoms with Gasteiger partial charge in [-0.05, 0) is 24.3 Å². The van der Waals surface area contributed by atoms with E-state index in [1.54, 1.807) is 43.5 Å². The normalized spacial score (nSPS) is 9.96. The minimum Gasteiger partial charge on any atom is -0.496 e. The standard InChI is InChI=1S/C21H14FN3O2/c1-26-20-10-18(13-4-3-5-16(22)8-13)25-19-9-14(6-7-17(19)20)21(27-2)15(11-23)12-24/h3-10H,1-2H3. The maximum absolute atomic E-state index is 13.6. The van der Waals surface area contributed by atoms with Gasteiger partial charge in [0.15, 0.2) is 11.3 Å². The molecule has 6 heteroatoms. The average molecular weight is 359 g/mol. The van der Waals surface area contributed by atoms with Gasteiger partial charge >= 0.3 is 0 Å². The molecule has 0 unspecified atom stereocenters. The lowest BCUT2D eigenvalue weighted by Gasteiger charge is -2.11. The molecule has 0 N–H and O–H groups in total. The van der Waals surface area contributed by atoms with Gasteiger partial charge in [0.1, 0.15) is 23.7 Å². The van der Waals surface area contributed by atoms with E-state index < -0.39 is 0 Å². The van der Waals surface area contributed by atoms with Crippen LogP contribution in [0, 0.1) is 28.5 Å². The van der Waals surface area contributed by atoms with Crippen molar-refractivity contribution in [2.75, 3.05) is 14.2 Å². The number of rotatable bonds is 4. The van der Waals surface area contributed by atoms with Crippen LogP contribution < -0.4 is 4.74 Å². The molecule has 0 fully saturated rings. The molecule has 0 aliphatic rings. The summed E-state index contributed by atoms with van der Waals surface area (Å²) in [5.74, 6) is 0.382. The molecule has 0 saturated carbocycles. The Morgan fingerprint density at radius 3 is 2.44 bits per heavy atom. The van der Waals surface area contributed by atoms with Crippen LogP contribution in [0.4, 0.5) is 4.39 Å². The number of fused-ring (bicyclic) bond motifs is 1. The third-order valence-electron chi connectivity index (χ3n) is 4.03. The number of ether oxygens (including phenoxy) is 2. The van der Waals surface area contributed by atoms with E-state index in [1.807, 2.05) is 12.1 Å². The molecule has 0 aliphatic carbocycles. The van der Waals surface area contributed by atoms with Crippen molar-refractivity contribution < 1.29 is 13.9 Å². The number of aromatic nitrogens is 1. The second-order valence-corrected chi connectivity index (χ2v) is 5.58. The number of nitriles is 2. The number of allylic oxidation sites excluding steroid dienone is 1. The Bertz CT molecular complexity index is 1120. The van der Waals surface area contributed by atoms with Gasteiger partial charge in [-0.15, -0.1) is 0 Å². The molecule has 0 atom stereocenters. The van der Waals surface area contributed by atoms with E-state index in [0.29, 0.717) is 28.1 Å². The van der Waals surface area contributed by atoms with Crippen molar-refractivity contribution in [1.29, 1.82) is 10.5 Å². The SMILES string of the molecule is COC(=C(C#N)C#N)c1ccc2c(OC)cc(-c3cccc(F)c3)nc2c1. The van der Waals surface area contributed by atoms with Crippen LogP contribution in [0.1, 0.15) is 5.56 Å². The lowest BCUT2D eigenvalue weighted by atomic mass is 10.0. The number of pyridine rings is 1. The summed E-state index contributed by atoms with van der Waals surface area (Å²) in [6.07, 6.45) is 0. The fraction of sp³-hybridized carbons (Fsp3) is 0.0952. The van der Waals surface area contributed by atoms with Crippen molar-refractivity contribution in [2.45, 2.75) is 0 Å². The van der Waals surface area contributed by atoms with E-state index in [1.165, 1.54) is 19.2 Å². The van der Waals surface area contributed by atoms with Gasteiger partial charge in [0.25, 0.3) is 0 Å². The molecule has 1 heterocycles. The van der Waals surface area contributed by atoms with E-state index in [0.717, 1.165) is 5.39 Å². The Balaban J connectivity index is 2.26. The topological polar surface area (TPSA) is 78.9 Å². The Kier molecular flexibility index (Phi) is 5.01. The number of benzene rings is 2. The summed E-state index contributed by atoms with van der Waals surface area (Å²) in [5, 5.41) is 19.0. The average Bonchev–Trinajstić information content (AvgIpc) is 2.70. The second-order valence-electron chi connectivity index (χ2n) is 5.58. The highest BCUT2D eigenvalue weighted by molar-refractivity contribution is 5.90. The number of hydrogen-bond acceptors (Lipinski definition) is 5.